The second-order valence-corrected chi connectivity index (χ2v) is 7.75. The monoisotopic (exact) mass is 429 g/mol. The molecule has 8 heteroatoms. The molecule has 0 unspecified atom stereocenters. The van der Waals surface area contributed by atoms with Crippen LogP contribution in [0.15, 0.2) is 34.0 Å². The van der Waals surface area contributed by atoms with Crippen LogP contribution in [0.5, 0.6) is 0 Å². The van der Waals surface area contributed by atoms with Crippen LogP contribution in [0.3, 0.4) is 0 Å². The zero-order valence-corrected chi connectivity index (χ0v) is 18.5. The number of hydrogen-bond donors (Lipinski definition) is 1. The molecule has 1 fully saturated rings. The zero-order chi connectivity index (χ0) is 21.8. The lowest BCUT2D eigenvalue weighted by atomic mass is 10.1. The molecule has 160 valence electrons. The van der Waals surface area contributed by atoms with Crippen molar-refractivity contribution in [2.75, 3.05) is 38.0 Å². The lowest BCUT2D eigenvalue weighted by Gasteiger charge is -2.37. The number of fused-ring (bicyclic) bond motifs is 2. The van der Waals surface area contributed by atoms with E-state index in [2.05, 4.69) is 11.8 Å². The van der Waals surface area contributed by atoms with Gasteiger partial charge >= 0.3 is 0 Å². The molecule has 7 nitrogen and oxygen atoms in total. The van der Waals surface area contributed by atoms with Crippen LogP contribution < -0.4 is 10.3 Å². The van der Waals surface area contributed by atoms with Gasteiger partial charge in [0.25, 0.3) is 0 Å². The largest absolute Gasteiger partial charge is 0.400 e. The number of carbonyl (C=O) groups is 1. The van der Waals surface area contributed by atoms with E-state index in [0.29, 0.717) is 35.7 Å². The van der Waals surface area contributed by atoms with Crippen molar-refractivity contribution in [3.63, 3.8) is 0 Å². The average molecular weight is 430 g/mol. The second kappa shape index (κ2) is 9.59. The van der Waals surface area contributed by atoms with E-state index >= 15 is 0 Å². The van der Waals surface area contributed by atoms with Gasteiger partial charge in [0, 0.05) is 23.9 Å². The second-order valence-electron chi connectivity index (χ2n) is 6.94. The van der Waals surface area contributed by atoms with Crippen LogP contribution in [0.4, 0.5) is 5.82 Å². The molecule has 0 spiro atoms. The Morgan fingerprint density at radius 1 is 1.27 bits per heavy atom. The first-order chi connectivity index (χ1) is 14.6. The topological polar surface area (TPSA) is 84.7 Å². The van der Waals surface area contributed by atoms with Crippen molar-refractivity contribution in [1.29, 1.82) is 0 Å². The highest BCUT2D eigenvalue weighted by atomic mass is 32.2. The van der Waals surface area contributed by atoms with Crippen molar-refractivity contribution in [2.45, 2.75) is 31.3 Å². The summed E-state index contributed by atoms with van der Waals surface area (Å²) in [6, 6.07) is 7.84. The SMILES string of the molecule is CCN(c1ccc2c(=O)c3ccc(C)c(SC)c3n(CC=O)c2n1)C1COC1.CO. The van der Waals surface area contributed by atoms with Gasteiger partial charge in [0.15, 0.2) is 5.43 Å². The Labute approximate surface area is 179 Å². The predicted molar refractivity (Wildman–Crippen MR) is 122 cm³/mol. The third-order valence-corrected chi connectivity index (χ3v) is 6.28. The number of thioether (sulfide) groups is 1. The van der Waals surface area contributed by atoms with E-state index in [4.69, 9.17) is 14.8 Å². The molecular formula is C22H27N3O4S. The fourth-order valence-corrected chi connectivity index (χ4v) is 4.68. The summed E-state index contributed by atoms with van der Waals surface area (Å²) in [5.74, 6) is 0.806. The summed E-state index contributed by atoms with van der Waals surface area (Å²) < 4.78 is 7.22. The molecule has 1 aliphatic heterocycles. The number of aromatic nitrogens is 2. The Hall–Kier alpha value is -2.42. The van der Waals surface area contributed by atoms with Gasteiger partial charge in [0.1, 0.15) is 17.8 Å². The molecule has 1 N–H and O–H groups in total. The molecule has 0 radical (unpaired) electrons. The molecule has 4 rings (SSSR count). The van der Waals surface area contributed by atoms with E-state index in [0.717, 1.165) is 41.7 Å². The van der Waals surface area contributed by atoms with Crippen molar-refractivity contribution in [1.82, 2.24) is 9.55 Å². The minimum atomic E-state index is -0.0449. The van der Waals surface area contributed by atoms with E-state index in [1.54, 1.807) is 11.8 Å². The van der Waals surface area contributed by atoms with Gasteiger partial charge in [-0.15, -0.1) is 11.8 Å². The molecule has 0 atom stereocenters. The van der Waals surface area contributed by atoms with Gasteiger partial charge in [-0.1, -0.05) is 6.07 Å². The lowest BCUT2D eigenvalue weighted by molar-refractivity contribution is -0.108. The van der Waals surface area contributed by atoms with Gasteiger partial charge in [0.2, 0.25) is 0 Å². The highest BCUT2D eigenvalue weighted by Crippen LogP contribution is 2.31. The first-order valence-corrected chi connectivity index (χ1v) is 11.1. The number of rotatable bonds is 6. The third kappa shape index (κ3) is 3.71. The van der Waals surface area contributed by atoms with Crippen LogP contribution in [-0.4, -0.2) is 60.1 Å². The van der Waals surface area contributed by atoms with Crippen LogP contribution in [0.2, 0.25) is 0 Å². The summed E-state index contributed by atoms with van der Waals surface area (Å²) in [5, 5.41) is 8.16. The predicted octanol–water partition coefficient (Wildman–Crippen LogP) is 2.61. The highest BCUT2D eigenvalue weighted by molar-refractivity contribution is 7.98. The van der Waals surface area contributed by atoms with Crippen LogP contribution in [-0.2, 0) is 16.1 Å². The van der Waals surface area contributed by atoms with Crippen molar-refractivity contribution < 1.29 is 14.6 Å². The van der Waals surface area contributed by atoms with E-state index in [9.17, 15) is 9.59 Å². The number of ether oxygens (including phenoxy) is 1. The molecule has 1 saturated heterocycles. The summed E-state index contributed by atoms with van der Waals surface area (Å²) in [4.78, 5) is 32.7. The number of pyridine rings is 2. The number of nitrogens with zero attached hydrogens (tertiary/aromatic N) is 3. The van der Waals surface area contributed by atoms with Crippen molar-refractivity contribution >= 4 is 45.8 Å². The summed E-state index contributed by atoms with van der Waals surface area (Å²) in [7, 11) is 1.00. The van der Waals surface area contributed by atoms with Gasteiger partial charge < -0.3 is 24.1 Å². The van der Waals surface area contributed by atoms with Gasteiger partial charge in [-0.2, -0.15) is 0 Å². The summed E-state index contributed by atoms with van der Waals surface area (Å²) in [6.07, 6.45) is 2.85. The maximum Gasteiger partial charge on any atom is 0.198 e. The number of aliphatic hydroxyl groups excluding tert-OH is 1. The molecule has 1 aromatic carbocycles. The minimum absolute atomic E-state index is 0.0449. The molecule has 1 aliphatic rings. The van der Waals surface area contributed by atoms with Crippen LogP contribution in [0.1, 0.15) is 12.5 Å². The van der Waals surface area contributed by atoms with Crippen LogP contribution >= 0.6 is 11.8 Å². The third-order valence-electron chi connectivity index (χ3n) is 5.36. The number of benzene rings is 1. The standard InChI is InChI=1S/C21H23N3O3S.CH4O/c1-4-23(14-11-27-12-14)17-8-7-16-19(26)15-6-5-13(2)20(28-3)18(15)24(9-10-25)21(16)22-17;1-2/h5-8,10,14H,4,9,11-12H2,1-3H3;2H,1H3. The average Bonchev–Trinajstić information content (AvgIpc) is 2.74. The Bertz CT molecular complexity index is 1120. The number of aldehydes is 1. The summed E-state index contributed by atoms with van der Waals surface area (Å²) in [6.45, 7) is 6.42. The molecule has 3 aromatic rings. The van der Waals surface area contributed by atoms with Crippen molar-refractivity contribution in [3.8, 4) is 0 Å². The fourth-order valence-electron chi connectivity index (χ4n) is 3.88. The minimum Gasteiger partial charge on any atom is -0.400 e. The molecule has 0 bridgehead atoms. The Kier molecular flexibility index (Phi) is 7.12. The number of carbonyl (C=O) groups excluding carboxylic acids is 1. The highest BCUT2D eigenvalue weighted by Gasteiger charge is 2.26. The molecule has 3 heterocycles. The van der Waals surface area contributed by atoms with E-state index in [1.165, 1.54) is 0 Å². The summed E-state index contributed by atoms with van der Waals surface area (Å²) in [5.41, 5.74) is 2.38. The fraction of sp³-hybridized carbons (Fsp3) is 0.409. The van der Waals surface area contributed by atoms with E-state index in [1.807, 2.05) is 42.0 Å². The molecule has 0 aliphatic carbocycles. The Morgan fingerprint density at radius 2 is 1.97 bits per heavy atom. The van der Waals surface area contributed by atoms with Crippen molar-refractivity contribution in [2.24, 2.45) is 0 Å². The van der Waals surface area contributed by atoms with Crippen molar-refractivity contribution in [3.05, 3.63) is 40.1 Å². The number of likely N-dealkylation sites (N-methyl/N-ethyl adjacent to an activating group) is 1. The van der Waals surface area contributed by atoms with Gasteiger partial charge in [-0.3, -0.25) is 4.79 Å². The first kappa shape index (κ1) is 22.3. The molecule has 30 heavy (non-hydrogen) atoms. The molecule has 2 aromatic heterocycles. The quantitative estimate of drug-likeness (QED) is 0.366. The van der Waals surface area contributed by atoms with Gasteiger partial charge in [-0.05, 0) is 43.9 Å². The van der Waals surface area contributed by atoms with Gasteiger partial charge in [-0.25, -0.2) is 4.98 Å². The number of aliphatic hydroxyl groups is 1. The molecule has 0 amide bonds. The Balaban J connectivity index is 0.00000124. The molecule has 0 saturated carbocycles. The lowest BCUT2D eigenvalue weighted by Crippen LogP contribution is -2.49. The zero-order valence-electron chi connectivity index (χ0n) is 17.7. The maximum absolute atomic E-state index is 13.2. The Morgan fingerprint density at radius 3 is 2.53 bits per heavy atom. The smallest absolute Gasteiger partial charge is 0.198 e. The number of hydrogen-bond acceptors (Lipinski definition) is 7. The maximum atomic E-state index is 13.2. The van der Waals surface area contributed by atoms with Crippen LogP contribution in [0, 0.1) is 6.92 Å². The summed E-state index contributed by atoms with van der Waals surface area (Å²) >= 11 is 1.58. The molecular weight excluding hydrogens is 402 g/mol. The first-order valence-electron chi connectivity index (χ1n) is 9.84. The van der Waals surface area contributed by atoms with Gasteiger partial charge in [0.05, 0.1) is 36.7 Å². The number of anilines is 1. The normalized spacial score (nSPS) is 13.6. The van der Waals surface area contributed by atoms with E-state index in [-0.39, 0.29) is 12.0 Å². The number of aryl methyl sites for hydroxylation is 1. The van der Waals surface area contributed by atoms with E-state index < -0.39 is 0 Å². The van der Waals surface area contributed by atoms with Crippen LogP contribution in [0.25, 0.3) is 21.9 Å².